The molecule has 1 saturated heterocycles. The van der Waals surface area contributed by atoms with E-state index >= 15 is 0 Å². The number of methoxy groups -OCH3 is 1. The van der Waals surface area contributed by atoms with E-state index in [0.717, 1.165) is 80.1 Å². The molecule has 1 aliphatic heterocycles. The van der Waals surface area contributed by atoms with Crippen LogP contribution in [0.5, 0.6) is 5.75 Å². The van der Waals surface area contributed by atoms with Gasteiger partial charge in [0, 0.05) is 43.3 Å². The van der Waals surface area contributed by atoms with E-state index in [4.69, 9.17) is 9.47 Å². The second-order valence-corrected chi connectivity index (χ2v) is 8.69. The van der Waals surface area contributed by atoms with Crippen molar-refractivity contribution in [1.82, 2.24) is 14.8 Å². The SMILES string of the molecule is CC[C@H](Cc1ccccc1)NC(=O)c1c(C)n(CCN2CCOCC2)c2c(OC)cccc12. The predicted molar refractivity (Wildman–Crippen MR) is 132 cm³/mol. The summed E-state index contributed by atoms with van der Waals surface area (Å²) in [6.07, 6.45) is 1.69. The summed E-state index contributed by atoms with van der Waals surface area (Å²) in [5, 5.41) is 4.25. The lowest BCUT2D eigenvalue weighted by molar-refractivity contribution is 0.0365. The van der Waals surface area contributed by atoms with Gasteiger partial charge in [0.1, 0.15) is 5.75 Å². The van der Waals surface area contributed by atoms with Gasteiger partial charge in [0.05, 0.1) is 31.4 Å². The summed E-state index contributed by atoms with van der Waals surface area (Å²) in [6, 6.07) is 16.4. The number of carbonyl (C=O) groups is 1. The molecule has 0 radical (unpaired) electrons. The van der Waals surface area contributed by atoms with Gasteiger partial charge in [0.25, 0.3) is 5.91 Å². The van der Waals surface area contributed by atoms with Crippen molar-refractivity contribution in [2.75, 3.05) is 40.0 Å². The topological polar surface area (TPSA) is 55.7 Å². The second-order valence-electron chi connectivity index (χ2n) is 8.69. The van der Waals surface area contributed by atoms with E-state index in [9.17, 15) is 4.79 Å². The highest BCUT2D eigenvalue weighted by atomic mass is 16.5. The molecule has 0 spiro atoms. The van der Waals surface area contributed by atoms with Crippen molar-refractivity contribution in [1.29, 1.82) is 0 Å². The van der Waals surface area contributed by atoms with Gasteiger partial charge in [-0.25, -0.2) is 0 Å². The summed E-state index contributed by atoms with van der Waals surface area (Å²) < 4.78 is 13.4. The molecule has 1 atom stereocenters. The summed E-state index contributed by atoms with van der Waals surface area (Å²) in [7, 11) is 1.69. The highest BCUT2D eigenvalue weighted by molar-refractivity contribution is 6.09. The van der Waals surface area contributed by atoms with Gasteiger partial charge in [-0.15, -0.1) is 0 Å². The zero-order valence-electron chi connectivity index (χ0n) is 20.0. The van der Waals surface area contributed by atoms with Crippen LogP contribution < -0.4 is 10.1 Å². The molecule has 2 aromatic carbocycles. The van der Waals surface area contributed by atoms with Crippen LogP contribution in [0.15, 0.2) is 48.5 Å². The van der Waals surface area contributed by atoms with Gasteiger partial charge in [0.15, 0.2) is 0 Å². The Kier molecular flexibility index (Phi) is 7.68. The quantitative estimate of drug-likeness (QED) is 0.536. The van der Waals surface area contributed by atoms with Crippen LogP contribution in [-0.4, -0.2) is 61.4 Å². The first-order valence-electron chi connectivity index (χ1n) is 11.9. The number of rotatable bonds is 9. The van der Waals surface area contributed by atoms with Gasteiger partial charge in [-0.2, -0.15) is 0 Å². The molecule has 6 nitrogen and oxygen atoms in total. The number of carbonyl (C=O) groups excluding carboxylic acids is 1. The molecule has 3 aromatic rings. The fourth-order valence-corrected chi connectivity index (χ4v) is 4.75. The largest absolute Gasteiger partial charge is 0.495 e. The average Bonchev–Trinajstić information content (AvgIpc) is 3.14. The number of hydrogen-bond donors (Lipinski definition) is 1. The number of nitrogens with zero attached hydrogens (tertiary/aromatic N) is 2. The Labute approximate surface area is 196 Å². The maximum Gasteiger partial charge on any atom is 0.253 e. The number of hydrogen-bond acceptors (Lipinski definition) is 4. The third-order valence-electron chi connectivity index (χ3n) is 6.65. The zero-order valence-corrected chi connectivity index (χ0v) is 20.0. The summed E-state index contributed by atoms with van der Waals surface area (Å²) >= 11 is 0. The van der Waals surface area contributed by atoms with Crippen molar-refractivity contribution in [3.8, 4) is 5.75 Å². The normalized spacial score (nSPS) is 15.5. The molecule has 1 aliphatic rings. The number of nitrogens with one attached hydrogen (secondary N) is 1. The van der Waals surface area contributed by atoms with E-state index in [1.165, 1.54) is 5.56 Å². The second kappa shape index (κ2) is 10.9. The van der Waals surface area contributed by atoms with Crippen LogP contribution in [0, 0.1) is 6.92 Å². The number of benzene rings is 2. The molecule has 4 rings (SSSR count). The minimum Gasteiger partial charge on any atom is -0.495 e. The number of ether oxygens (including phenoxy) is 2. The highest BCUT2D eigenvalue weighted by Gasteiger charge is 2.24. The van der Waals surface area contributed by atoms with Gasteiger partial charge < -0.3 is 19.4 Å². The Bertz CT molecular complexity index is 1070. The molecule has 6 heteroatoms. The van der Waals surface area contributed by atoms with E-state index in [-0.39, 0.29) is 11.9 Å². The maximum absolute atomic E-state index is 13.6. The molecule has 1 amide bonds. The molecule has 1 N–H and O–H groups in total. The Morgan fingerprint density at radius 2 is 1.85 bits per heavy atom. The van der Waals surface area contributed by atoms with E-state index in [0.29, 0.717) is 0 Å². The minimum atomic E-state index is -0.0151. The molecule has 33 heavy (non-hydrogen) atoms. The standard InChI is InChI=1S/C27H35N3O3/c1-4-22(19-21-9-6-5-7-10-21)28-27(31)25-20(2)30(14-13-29-15-17-33-18-16-29)26-23(25)11-8-12-24(26)32-3/h5-12,22H,4,13-19H2,1-3H3,(H,28,31)/t22-/m1/s1. The van der Waals surface area contributed by atoms with E-state index in [2.05, 4.69) is 33.8 Å². The monoisotopic (exact) mass is 449 g/mol. The zero-order chi connectivity index (χ0) is 23.2. The van der Waals surface area contributed by atoms with Gasteiger partial charge in [-0.05, 0) is 31.4 Å². The highest BCUT2D eigenvalue weighted by Crippen LogP contribution is 2.33. The summed E-state index contributed by atoms with van der Waals surface area (Å²) in [6.45, 7) is 9.34. The van der Waals surface area contributed by atoms with Crippen LogP contribution in [0.3, 0.4) is 0 Å². The van der Waals surface area contributed by atoms with E-state index < -0.39 is 0 Å². The Balaban J connectivity index is 1.62. The van der Waals surface area contributed by atoms with Gasteiger partial charge in [-0.3, -0.25) is 9.69 Å². The lowest BCUT2D eigenvalue weighted by Crippen LogP contribution is -2.38. The van der Waals surface area contributed by atoms with E-state index in [1.54, 1.807) is 7.11 Å². The molecule has 176 valence electrons. The Morgan fingerprint density at radius 3 is 2.55 bits per heavy atom. The van der Waals surface area contributed by atoms with E-state index in [1.807, 2.05) is 43.3 Å². The fourth-order valence-electron chi connectivity index (χ4n) is 4.75. The number of morpholine rings is 1. The van der Waals surface area contributed by atoms with Crippen LogP contribution in [-0.2, 0) is 17.7 Å². The molecule has 1 fully saturated rings. The number of aromatic nitrogens is 1. The fraction of sp³-hybridized carbons (Fsp3) is 0.444. The van der Waals surface area contributed by atoms with Crippen molar-refractivity contribution >= 4 is 16.8 Å². The van der Waals surface area contributed by atoms with Crippen molar-refractivity contribution in [3.63, 3.8) is 0 Å². The van der Waals surface area contributed by atoms with Crippen LogP contribution in [0.25, 0.3) is 10.9 Å². The molecule has 0 unspecified atom stereocenters. The molecular weight excluding hydrogens is 414 g/mol. The number of para-hydroxylation sites is 1. The van der Waals surface area contributed by atoms with Crippen LogP contribution in [0.4, 0.5) is 0 Å². The average molecular weight is 450 g/mol. The first-order chi connectivity index (χ1) is 16.1. The van der Waals surface area contributed by atoms with Gasteiger partial charge >= 0.3 is 0 Å². The molecule has 1 aromatic heterocycles. The van der Waals surface area contributed by atoms with Gasteiger partial charge in [-0.1, -0.05) is 49.4 Å². The third kappa shape index (κ3) is 5.23. The first kappa shape index (κ1) is 23.3. The van der Waals surface area contributed by atoms with Crippen LogP contribution in [0.1, 0.15) is 35.0 Å². The lowest BCUT2D eigenvalue weighted by Gasteiger charge is -2.27. The van der Waals surface area contributed by atoms with Crippen LogP contribution in [0.2, 0.25) is 0 Å². The molecular formula is C27H35N3O3. The number of amides is 1. The molecule has 0 aliphatic carbocycles. The lowest BCUT2D eigenvalue weighted by atomic mass is 10.0. The maximum atomic E-state index is 13.6. The summed E-state index contributed by atoms with van der Waals surface area (Å²) in [5.74, 6) is 0.784. The van der Waals surface area contributed by atoms with Crippen LogP contribution >= 0.6 is 0 Å². The summed E-state index contributed by atoms with van der Waals surface area (Å²) in [5.41, 5.74) is 3.95. The van der Waals surface area contributed by atoms with Crippen molar-refractivity contribution in [2.24, 2.45) is 0 Å². The molecule has 0 saturated carbocycles. The predicted octanol–water partition coefficient (Wildman–Crippen LogP) is 4.04. The smallest absolute Gasteiger partial charge is 0.253 e. The Morgan fingerprint density at radius 1 is 1.09 bits per heavy atom. The van der Waals surface area contributed by atoms with Gasteiger partial charge in [0.2, 0.25) is 0 Å². The van der Waals surface area contributed by atoms with Crippen molar-refractivity contribution in [2.45, 2.75) is 39.3 Å². The first-order valence-corrected chi connectivity index (χ1v) is 11.9. The molecule has 0 bridgehead atoms. The summed E-state index contributed by atoms with van der Waals surface area (Å²) in [4.78, 5) is 16.0. The Hall–Kier alpha value is -2.83. The minimum absolute atomic E-state index is 0.0151. The number of fused-ring (bicyclic) bond motifs is 1. The van der Waals surface area contributed by atoms with Crippen molar-refractivity contribution in [3.05, 3.63) is 65.4 Å². The molecule has 2 heterocycles. The van der Waals surface area contributed by atoms with Crippen molar-refractivity contribution < 1.29 is 14.3 Å². The third-order valence-corrected chi connectivity index (χ3v) is 6.65.